The van der Waals surface area contributed by atoms with Crippen LogP contribution in [0.3, 0.4) is 0 Å². The predicted octanol–water partition coefficient (Wildman–Crippen LogP) is 6.26. The summed E-state index contributed by atoms with van der Waals surface area (Å²) in [5.74, 6) is -0.225. The normalized spacial score (nSPS) is 11.8. The van der Waals surface area contributed by atoms with Gasteiger partial charge in [0.25, 0.3) is 5.56 Å². The maximum Gasteiger partial charge on any atom is 0.261 e. The molecule has 38 heavy (non-hydrogen) atoms. The lowest BCUT2D eigenvalue weighted by Crippen LogP contribution is -2.32. The molecule has 1 unspecified atom stereocenters. The summed E-state index contributed by atoms with van der Waals surface area (Å²) in [6.45, 7) is 5.82. The molecule has 0 aliphatic carbocycles. The van der Waals surface area contributed by atoms with E-state index in [1.807, 2.05) is 49.4 Å². The minimum Gasteiger partial charge on any atom is -0.493 e. The quantitative estimate of drug-likeness (QED) is 0.268. The number of hydrogen-bond acceptors (Lipinski definition) is 5. The summed E-state index contributed by atoms with van der Waals surface area (Å²) in [5, 5.41) is 20.2. The lowest BCUT2D eigenvalue weighted by atomic mass is 9.99. The Morgan fingerprint density at radius 2 is 1.84 bits per heavy atom. The van der Waals surface area contributed by atoms with Crippen LogP contribution in [-0.4, -0.2) is 19.6 Å². The van der Waals surface area contributed by atoms with Gasteiger partial charge in [0.15, 0.2) is 0 Å². The van der Waals surface area contributed by atoms with Crippen molar-refractivity contribution < 1.29 is 9.50 Å². The molecule has 0 saturated heterocycles. The van der Waals surface area contributed by atoms with E-state index in [1.54, 1.807) is 23.6 Å². The SMILES string of the molecule is CCCCc1nc(O)c(Cc2ccc(-c3ccc(F)nc3C)cc2)c(=O)n1C(CC)c1cccc(C#N)c1. The van der Waals surface area contributed by atoms with Crippen molar-refractivity contribution in [1.29, 1.82) is 5.26 Å². The van der Waals surface area contributed by atoms with Gasteiger partial charge in [0.2, 0.25) is 11.8 Å². The van der Waals surface area contributed by atoms with E-state index in [-0.39, 0.29) is 29.5 Å². The number of pyridine rings is 1. The Morgan fingerprint density at radius 3 is 2.50 bits per heavy atom. The minimum atomic E-state index is -0.519. The molecule has 0 amide bonds. The number of aryl methyl sites for hydroxylation is 2. The molecule has 0 bridgehead atoms. The van der Waals surface area contributed by atoms with Gasteiger partial charge in [-0.2, -0.15) is 14.6 Å². The Morgan fingerprint density at radius 1 is 1.08 bits per heavy atom. The van der Waals surface area contributed by atoms with Crippen LogP contribution in [0, 0.1) is 24.2 Å². The summed E-state index contributed by atoms with van der Waals surface area (Å²) in [4.78, 5) is 22.3. The van der Waals surface area contributed by atoms with Gasteiger partial charge in [0.05, 0.1) is 23.2 Å². The van der Waals surface area contributed by atoms with Crippen molar-refractivity contribution in [3.8, 4) is 23.1 Å². The fourth-order valence-electron chi connectivity index (χ4n) is 4.81. The third kappa shape index (κ3) is 5.65. The fraction of sp³-hybridized carbons (Fsp3) is 0.290. The van der Waals surface area contributed by atoms with Crippen LogP contribution >= 0.6 is 0 Å². The van der Waals surface area contributed by atoms with E-state index in [1.165, 1.54) is 6.07 Å². The molecule has 2 heterocycles. The monoisotopic (exact) mass is 510 g/mol. The molecular weight excluding hydrogens is 479 g/mol. The standard InChI is InChI=1S/C31H31FN4O2/c1-4-6-10-29-35-30(37)26(31(38)36(29)27(5-2)24-9-7-8-22(17-24)19-33)18-21-11-13-23(14-12-21)25-15-16-28(32)34-20(25)3/h7-9,11-17,27,37H,4-6,10,18H2,1-3H3. The van der Waals surface area contributed by atoms with Crippen LogP contribution < -0.4 is 5.56 Å². The van der Waals surface area contributed by atoms with Gasteiger partial charge >= 0.3 is 0 Å². The molecule has 0 aliphatic heterocycles. The third-order valence-electron chi connectivity index (χ3n) is 6.81. The smallest absolute Gasteiger partial charge is 0.261 e. The number of benzene rings is 2. The lowest BCUT2D eigenvalue weighted by molar-refractivity contribution is 0.420. The van der Waals surface area contributed by atoms with Gasteiger partial charge in [-0.05, 0) is 60.7 Å². The zero-order chi connectivity index (χ0) is 27.2. The lowest BCUT2D eigenvalue weighted by Gasteiger charge is -2.23. The van der Waals surface area contributed by atoms with Crippen LogP contribution in [0.4, 0.5) is 4.39 Å². The molecule has 1 N–H and O–H groups in total. The maximum atomic E-state index is 13.9. The van der Waals surface area contributed by atoms with Crippen LogP contribution in [-0.2, 0) is 12.8 Å². The predicted molar refractivity (Wildman–Crippen MR) is 146 cm³/mol. The van der Waals surface area contributed by atoms with Crippen molar-refractivity contribution >= 4 is 0 Å². The summed E-state index contributed by atoms with van der Waals surface area (Å²) < 4.78 is 15.1. The number of hydrogen-bond donors (Lipinski definition) is 1. The fourth-order valence-corrected chi connectivity index (χ4v) is 4.81. The molecule has 0 aliphatic rings. The van der Waals surface area contributed by atoms with Crippen LogP contribution in [0.1, 0.15) is 72.9 Å². The number of unbranched alkanes of at least 4 members (excludes halogenated alkanes) is 1. The van der Waals surface area contributed by atoms with Crippen LogP contribution in [0.15, 0.2) is 65.5 Å². The first kappa shape index (κ1) is 26.7. The van der Waals surface area contributed by atoms with Crippen molar-refractivity contribution in [2.75, 3.05) is 0 Å². The third-order valence-corrected chi connectivity index (χ3v) is 6.81. The first-order valence-electron chi connectivity index (χ1n) is 12.9. The van der Waals surface area contributed by atoms with E-state index in [4.69, 9.17) is 0 Å². The summed E-state index contributed by atoms with van der Waals surface area (Å²) in [6.07, 6.45) is 3.15. The molecule has 2 aromatic carbocycles. The number of aromatic hydroxyl groups is 1. The molecule has 1 atom stereocenters. The topological polar surface area (TPSA) is 91.8 Å². The van der Waals surface area contributed by atoms with Crippen molar-refractivity contribution in [3.63, 3.8) is 0 Å². The first-order valence-corrected chi connectivity index (χ1v) is 12.9. The van der Waals surface area contributed by atoms with Crippen LogP contribution in [0.25, 0.3) is 11.1 Å². The van der Waals surface area contributed by atoms with Gasteiger partial charge in [-0.15, -0.1) is 0 Å². The zero-order valence-corrected chi connectivity index (χ0v) is 21.9. The van der Waals surface area contributed by atoms with Crippen LogP contribution in [0.2, 0.25) is 0 Å². The van der Waals surface area contributed by atoms with Gasteiger partial charge < -0.3 is 5.11 Å². The minimum absolute atomic E-state index is 0.210. The second-order valence-corrected chi connectivity index (χ2v) is 9.41. The van der Waals surface area contributed by atoms with Crippen molar-refractivity contribution in [3.05, 3.63) is 111 Å². The Bertz CT molecular complexity index is 1540. The summed E-state index contributed by atoms with van der Waals surface area (Å²) in [6, 6.07) is 19.8. The van der Waals surface area contributed by atoms with Gasteiger partial charge in [-0.3, -0.25) is 9.36 Å². The molecule has 6 nitrogen and oxygen atoms in total. The van der Waals surface area contributed by atoms with E-state index in [2.05, 4.69) is 23.0 Å². The summed E-state index contributed by atoms with van der Waals surface area (Å²) in [7, 11) is 0. The van der Waals surface area contributed by atoms with Gasteiger partial charge in [0, 0.05) is 24.1 Å². The molecule has 4 rings (SSSR count). The number of nitriles is 1. The highest BCUT2D eigenvalue weighted by Crippen LogP contribution is 2.27. The molecule has 194 valence electrons. The van der Waals surface area contributed by atoms with E-state index < -0.39 is 5.95 Å². The van der Waals surface area contributed by atoms with E-state index >= 15 is 0 Å². The zero-order valence-electron chi connectivity index (χ0n) is 21.9. The molecule has 7 heteroatoms. The number of aromatic nitrogens is 3. The second kappa shape index (κ2) is 11.8. The number of rotatable bonds is 9. The average molecular weight is 511 g/mol. The molecule has 0 fully saturated rings. The van der Waals surface area contributed by atoms with E-state index in [0.717, 1.165) is 35.1 Å². The number of nitrogens with zero attached hydrogens (tertiary/aromatic N) is 4. The molecule has 0 saturated carbocycles. The summed E-state index contributed by atoms with van der Waals surface area (Å²) >= 11 is 0. The first-order chi connectivity index (χ1) is 18.4. The van der Waals surface area contributed by atoms with Gasteiger partial charge in [-0.1, -0.05) is 56.7 Å². The highest BCUT2D eigenvalue weighted by atomic mass is 19.1. The van der Waals surface area contributed by atoms with Gasteiger partial charge in [0.1, 0.15) is 5.82 Å². The summed E-state index contributed by atoms with van der Waals surface area (Å²) in [5.41, 5.74) is 4.49. The van der Waals surface area contributed by atoms with E-state index in [0.29, 0.717) is 29.9 Å². The van der Waals surface area contributed by atoms with Crippen molar-refractivity contribution in [1.82, 2.24) is 14.5 Å². The largest absolute Gasteiger partial charge is 0.493 e. The maximum absolute atomic E-state index is 13.9. The Hall–Kier alpha value is -4.31. The highest BCUT2D eigenvalue weighted by molar-refractivity contribution is 5.65. The Labute approximate surface area is 222 Å². The average Bonchev–Trinajstić information content (AvgIpc) is 2.92. The highest BCUT2D eigenvalue weighted by Gasteiger charge is 2.23. The molecule has 2 aromatic heterocycles. The molecular formula is C31H31FN4O2. The van der Waals surface area contributed by atoms with Crippen molar-refractivity contribution in [2.24, 2.45) is 0 Å². The Balaban J connectivity index is 1.75. The van der Waals surface area contributed by atoms with E-state index in [9.17, 15) is 19.6 Å². The second-order valence-electron chi connectivity index (χ2n) is 9.41. The molecule has 4 aromatic rings. The Kier molecular flexibility index (Phi) is 8.32. The van der Waals surface area contributed by atoms with Gasteiger partial charge in [-0.25, -0.2) is 4.98 Å². The van der Waals surface area contributed by atoms with Crippen molar-refractivity contribution in [2.45, 2.75) is 58.9 Å². The molecule has 0 spiro atoms. The number of halogens is 1. The molecule has 0 radical (unpaired) electrons. The van der Waals surface area contributed by atoms with Crippen LogP contribution in [0.5, 0.6) is 5.88 Å².